The minimum absolute atomic E-state index is 0.269. The van der Waals surface area contributed by atoms with Crippen LogP contribution in [0.5, 0.6) is 0 Å². The maximum absolute atomic E-state index is 13.6. The summed E-state index contributed by atoms with van der Waals surface area (Å²) >= 11 is 0.776. The summed E-state index contributed by atoms with van der Waals surface area (Å²) in [5.74, 6) is -5.42. The monoisotopic (exact) mass is 394 g/mol. The number of rotatable bonds is 3. The van der Waals surface area contributed by atoms with Crippen LogP contribution in [0.2, 0.25) is 0 Å². The molecule has 0 spiro atoms. The summed E-state index contributed by atoms with van der Waals surface area (Å²) in [6.07, 6.45) is 1.72. The molecule has 2 amide bonds. The predicted octanol–water partition coefficient (Wildman–Crippen LogP) is 4.66. The zero-order chi connectivity index (χ0) is 19.6. The Morgan fingerprint density at radius 3 is 2.70 bits per heavy atom. The summed E-state index contributed by atoms with van der Waals surface area (Å²) in [7, 11) is 0. The number of hydrogen-bond donors (Lipinski definition) is 1. The Kier molecular flexibility index (Phi) is 5.74. The number of thioether (sulfide) groups is 1. The van der Waals surface area contributed by atoms with Crippen LogP contribution in [0.4, 0.5) is 29.3 Å². The molecule has 2 aromatic carbocycles. The van der Waals surface area contributed by atoms with Crippen LogP contribution in [-0.4, -0.2) is 23.4 Å². The summed E-state index contributed by atoms with van der Waals surface area (Å²) in [5, 5.41) is 1.86. The predicted molar refractivity (Wildman–Crippen MR) is 99.6 cm³/mol. The molecular weight excluding hydrogens is 377 g/mol. The molecule has 1 aliphatic heterocycles. The molecular formula is C19H17F3N2O2S. The molecule has 3 rings (SSSR count). The van der Waals surface area contributed by atoms with Gasteiger partial charge in [-0.25, -0.2) is 13.2 Å². The molecule has 27 heavy (non-hydrogen) atoms. The number of anilines is 2. The van der Waals surface area contributed by atoms with Gasteiger partial charge in [0.15, 0.2) is 17.5 Å². The number of amides is 2. The molecule has 0 radical (unpaired) electrons. The topological polar surface area (TPSA) is 49.4 Å². The van der Waals surface area contributed by atoms with Crippen molar-refractivity contribution in [2.75, 3.05) is 22.5 Å². The first-order valence-corrected chi connectivity index (χ1v) is 9.32. The van der Waals surface area contributed by atoms with Crippen molar-refractivity contribution in [1.82, 2.24) is 0 Å². The van der Waals surface area contributed by atoms with Gasteiger partial charge in [-0.15, -0.1) is 0 Å². The maximum atomic E-state index is 13.6. The fraction of sp³-hybridized carbons (Fsp3) is 0.263. The van der Waals surface area contributed by atoms with Gasteiger partial charge in [-0.05, 0) is 43.5 Å². The number of halogens is 3. The molecule has 8 heteroatoms. The van der Waals surface area contributed by atoms with Gasteiger partial charge in [-0.3, -0.25) is 9.59 Å². The van der Waals surface area contributed by atoms with Gasteiger partial charge in [0, 0.05) is 12.2 Å². The lowest BCUT2D eigenvalue weighted by molar-refractivity contribution is -0.113. The van der Waals surface area contributed by atoms with Crippen LogP contribution in [0.3, 0.4) is 0 Å². The zero-order valence-electron chi connectivity index (χ0n) is 14.5. The molecule has 0 atom stereocenters. The van der Waals surface area contributed by atoms with E-state index >= 15 is 0 Å². The maximum Gasteiger partial charge on any atom is 0.286 e. The van der Waals surface area contributed by atoms with E-state index in [1.165, 1.54) is 0 Å². The molecule has 0 fully saturated rings. The van der Waals surface area contributed by atoms with Crippen LogP contribution in [-0.2, 0) is 11.2 Å². The number of nitrogens with zero attached hydrogens (tertiary/aromatic N) is 1. The van der Waals surface area contributed by atoms with Crippen molar-refractivity contribution in [3.63, 3.8) is 0 Å². The van der Waals surface area contributed by atoms with E-state index < -0.39 is 29.0 Å². The van der Waals surface area contributed by atoms with Gasteiger partial charge >= 0.3 is 0 Å². The SMILES string of the molecule is Cc1ccc2c(c1)CCCN2C(=O)SCC(=O)Nc1ccc(F)c(F)c1F. The summed E-state index contributed by atoms with van der Waals surface area (Å²) < 4.78 is 39.7. The van der Waals surface area contributed by atoms with Gasteiger partial charge in [0.25, 0.3) is 5.24 Å². The minimum atomic E-state index is -1.66. The van der Waals surface area contributed by atoms with Crippen LogP contribution in [0.15, 0.2) is 30.3 Å². The van der Waals surface area contributed by atoms with Crippen molar-refractivity contribution in [3.05, 3.63) is 58.9 Å². The van der Waals surface area contributed by atoms with Crippen molar-refractivity contribution < 1.29 is 22.8 Å². The average Bonchev–Trinajstić information content (AvgIpc) is 2.66. The third kappa shape index (κ3) is 4.27. The van der Waals surface area contributed by atoms with E-state index in [1.807, 2.05) is 25.1 Å². The lowest BCUT2D eigenvalue weighted by atomic mass is 10.0. The Labute approximate surface area is 158 Å². The quantitative estimate of drug-likeness (QED) is 0.771. The fourth-order valence-corrected chi connectivity index (χ4v) is 3.60. The van der Waals surface area contributed by atoms with Crippen LogP contribution in [0.1, 0.15) is 17.5 Å². The lowest BCUT2D eigenvalue weighted by Gasteiger charge is -2.29. The number of carbonyl (C=O) groups excluding carboxylic acids is 2. The van der Waals surface area contributed by atoms with E-state index in [0.29, 0.717) is 6.54 Å². The highest BCUT2D eigenvalue weighted by atomic mass is 32.2. The third-order valence-corrected chi connectivity index (χ3v) is 5.08. The number of benzene rings is 2. The van der Waals surface area contributed by atoms with Gasteiger partial charge in [-0.2, -0.15) is 0 Å². The first-order chi connectivity index (χ1) is 12.9. The molecule has 1 N–H and O–H groups in total. The molecule has 0 saturated heterocycles. The Morgan fingerprint density at radius 2 is 1.93 bits per heavy atom. The second kappa shape index (κ2) is 8.04. The second-order valence-corrected chi connectivity index (χ2v) is 7.14. The van der Waals surface area contributed by atoms with Gasteiger partial charge in [0.1, 0.15) is 0 Å². The molecule has 0 unspecified atom stereocenters. The van der Waals surface area contributed by atoms with Gasteiger partial charge in [0.05, 0.1) is 11.4 Å². The highest BCUT2D eigenvalue weighted by Crippen LogP contribution is 2.30. The lowest BCUT2D eigenvalue weighted by Crippen LogP contribution is -2.33. The molecule has 142 valence electrons. The Bertz CT molecular complexity index is 905. The molecule has 2 aromatic rings. The van der Waals surface area contributed by atoms with Crippen molar-refractivity contribution in [3.8, 4) is 0 Å². The molecule has 1 aliphatic rings. The van der Waals surface area contributed by atoms with E-state index in [4.69, 9.17) is 0 Å². The molecule has 1 heterocycles. The summed E-state index contributed by atoms with van der Waals surface area (Å²) in [5.41, 5.74) is 2.56. The molecule has 4 nitrogen and oxygen atoms in total. The Balaban J connectivity index is 1.62. The molecule has 0 bridgehead atoms. The first-order valence-electron chi connectivity index (χ1n) is 8.34. The van der Waals surface area contributed by atoms with E-state index in [-0.39, 0.29) is 11.0 Å². The van der Waals surface area contributed by atoms with E-state index in [1.54, 1.807) is 4.90 Å². The van der Waals surface area contributed by atoms with Gasteiger partial charge in [0.2, 0.25) is 5.91 Å². The Hall–Kier alpha value is -2.48. The minimum Gasteiger partial charge on any atom is -0.323 e. The largest absolute Gasteiger partial charge is 0.323 e. The number of nitrogens with one attached hydrogen (secondary N) is 1. The van der Waals surface area contributed by atoms with E-state index in [0.717, 1.165) is 53.6 Å². The van der Waals surface area contributed by atoms with Crippen molar-refractivity contribution >= 4 is 34.3 Å². The van der Waals surface area contributed by atoms with Crippen LogP contribution < -0.4 is 10.2 Å². The van der Waals surface area contributed by atoms with Crippen molar-refractivity contribution in [2.24, 2.45) is 0 Å². The van der Waals surface area contributed by atoms with Crippen LogP contribution in [0, 0.1) is 24.4 Å². The normalized spacial score (nSPS) is 13.3. The Morgan fingerprint density at radius 1 is 1.15 bits per heavy atom. The summed E-state index contributed by atoms with van der Waals surface area (Å²) in [6, 6.07) is 7.50. The fourth-order valence-electron chi connectivity index (χ4n) is 2.93. The van der Waals surface area contributed by atoms with Crippen molar-refractivity contribution in [1.29, 1.82) is 0 Å². The first kappa shape index (κ1) is 19.3. The van der Waals surface area contributed by atoms with Crippen molar-refractivity contribution in [2.45, 2.75) is 19.8 Å². The van der Waals surface area contributed by atoms with Crippen LogP contribution >= 0.6 is 11.8 Å². The summed E-state index contributed by atoms with van der Waals surface area (Å²) in [4.78, 5) is 26.1. The van der Waals surface area contributed by atoms with Gasteiger partial charge < -0.3 is 10.2 Å². The molecule has 0 aliphatic carbocycles. The third-order valence-electron chi connectivity index (χ3n) is 4.21. The highest BCUT2D eigenvalue weighted by Gasteiger charge is 2.24. The number of fused-ring (bicyclic) bond motifs is 1. The summed E-state index contributed by atoms with van der Waals surface area (Å²) in [6.45, 7) is 2.54. The standard InChI is InChI=1S/C19H17F3N2O2S/c1-11-4-7-15-12(9-11)3-2-8-24(15)19(26)27-10-16(25)23-14-6-5-13(20)17(21)18(14)22/h4-7,9H,2-3,8,10H2,1H3,(H,23,25). The zero-order valence-corrected chi connectivity index (χ0v) is 15.3. The van der Waals surface area contributed by atoms with E-state index in [2.05, 4.69) is 5.32 Å². The van der Waals surface area contributed by atoms with Gasteiger partial charge in [-0.1, -0.05) is 29.5 Å². The van der Waals surface area contributed by atoms with E-state index in [9.17, 15) is 22.8 Å². The molecule has 0 aromatic heterocycles. The van der Waals surface area contributed by atoms with Crippen LogP contribution in [0.25, 0.3) is 0 Å². The number of carbonyl (C=O) groups is 2. The number of aryl methyl sites for hydroxylation is 2. The molecule has 0 saturated carbocycles. The average molecular weight is 394 g/mol. The second-order valence-electron chi connectivity index (χ2n) is 6.21. The number of hydrogen-bond acceptors (Lipinski definition) is 3. The highest BCUT2D eigenvalue weighted by molar-refractivity contribution is 8.14. The smallest absolute Gasteiger partial charge is 0.286 e.